The number of fused-ring (bicyclic) bond motifs is 1. The topological polar surface area (TPSA) is 88.4 Å². The van der Waals surface area contributed by atoms with Crippen LogP contribution in [0.15, 0.2) is 54.6 Å². The molecule has 8 nitrogen and oxygen atoms in total. The van der Waals surface area contributed by atoms with E-state index in [-0.39, 0.29) is 35.1 Å². The van der Waals surface area contributed by atoms with Crippen LogP contribution in [0.2, 0.25) is 0 Å². The monoisotopic (exact) mass is 551 g/mol. The van der Waals surface area contributed by atoms with E-state index in [4.69, 9.17) is 4.98 Å². The number of aryl methyl sites for hydroxylation is 1. The van der Waals surface area contributed by atoms with Gasteiger partial charge in [0.25, 0.3) is 5.91 Å². The maximum atomic E-state index is 14.3. The van der Waals surface area contributed by atoms with Crippen molar-refractivity contribution in [2.24, 2.45) is 0 Å². The second-order valence-corrected chi connectivity index (χ2v) is 12.3. The van der Waals surface area contributed by atoms with E-state index in [1.54, 1.807) is 52.9 Å². The van der Waals surface area contributed by atoms with Crippen molar-refractivity contribution in [3.8, 4) is 11.3 Å². The minimum absolute atomic E-state index is 0.0348. The number of hydrogen-bond acceptors (Lipinski definition) is 6. The van der Waals surface area contributed by atoms with Crippen molar-refractivity contribution in [1.82, 2.24) is 19.7 Å². The quantitative estimate of drug-likeness (QED) is 0.381. The molecule has 4 aromatic rings. The minimum Gasteiger partial charge on any atom is -0.366 e. The third-order valence-corrected chi connectivity index (χ3v) is 9.27. The van der Waals surface area contributed by atoms with Crippen molar-refractivity contribution in [3.63, 3.8) is 0 Å². The van der Waals surface area contributed by atoms with Gasteiger partial charge in [-0.2, -0.15) is 5.10 Å². The summed E-state index contributed by atoms with van der Waals surface area (Å²) in [6.07, 6.45) is 0.419. The van der Waals surface area contributed by atoms with Crippen molar-refractivity contribution in [2.45, 2.75) is 19.4 Å². The van der Waals surface area contributed by atoms with Gasteiger partial charge in [-0.3, -0.25) is 4.79 Å². The molecule has 0 spiro atoms. The highest BCUT2D eigenvalue weighted by Gasteiger charge is 2.33. The number of carbonyl (C=O) groups excluding carboxylic acids is 1. The molecule has 11 heteroatoms. The van der Waals surface area contributed by atoms with Crippen LogP contribution >= 0.6 is 0 Å². The molecule has 2 aliphatic rings. The van der Waals surface area contributed by atoms with E-state index in [0.29, 0.717) is 71.8 Å². The number of piperazine rings is 1. The molecule has 1 unspecified atom stereocenters. The van der Waals surface area contributed by atoms with Crippen LogP contribution in [0.5, 0.6) is 0 Å². The van der Waals surface area contributed by atoms with Crippen LogP contribution in [-0.4, -0.2) is 71.7 Å². The van der Waals surface area contributed by atoms with Gasteiger partial charge in [0.2, 0.25) is 0 Å². The lowest BCUT2D eigenvalue weighted by atomic mass is 10.0. The van der Waals surface area contributed by atoms with E-state index in [9.17, 15) is 22.0 Å². The zero-order valence-corrected chi connectivity index (χ0v) is 22.2. The fourth-order valence-electron chi connectivity index (χ4n) is 5.50. The average molecular weight is 552 g/mol. The van der Waals surface area contributed by atoms with E-state index in [2.05, 4.69) is 5.10 Å². The zero-order valence-electron chi connectivity index (χ0n) is 21.3. The van der Waals surface area contributed by atoms with Crippen molar-refractivity contribution in [3.05, 3.63) is 77.5 Å². The summed E-state index contributed by atoms with van der Waals surface area (Å²) in [4.78, 5) is 22.4. The molecule has 6 rings (SSSR count). The fourth-order valence-corrected chi connectivity index (χ4v) is 7.19. The van der Waals surface area contributed by atoms with Gasteiger partial charge in [0.15, 0.2) is 15.5 Å². The van der Waals surface area contributed by atoms with Gasteiger partial charge in [-0.25, -0.2) is 26.9 Å². The number of amides is 1. The first kappa shape index (κ1) is 25.4. The molecular formula is C28H27F2N5O3S. The Balaban J connectivity index is 1.39. The van der Waals surface area contributed by atoms with Crippen LogP contribution in [0.4, 0.5) is 14.5 Å². The molecule has 0 radical (unpaired) electrons. The normalized spacial score (nSPS) is 19.1. The van der Waals surface area contributed by atoms with E-state index >= 15 is 0 Å². The minimum atomic E-state index is -3.18. The Bertz CT molecular complexity index is 1680. The lowest BCUT2D eigenvalue weighted by Crippen LogP contribution is -2.49. The number of para-hydroxylation sites is 1. The predicted octanol–water partition coefficient (Wildman–Crippen LogP) is 4.01. The van der Waals surface area contributed by atoms with E-state index < -0.39 is 9.84 Å². The van der Waals surface area contributed by atoms with Crippen LogP contribution in [0, 0.1) is 18.6 Å². The summed E-state index contributed by atoms with van der Waals surface area (Å²) >= 11 is 0. The molecule has 0 bridgehead atoms. The molecule has 2 aromatic carbocycles. The molecule has 0 N–H and O–H groups in total. The van der Waals surface area contributed by atoms with Gasteiger partial charge >= 0.3 is 0 Å². The number of nitrogens with zero attached hydrogens (tertiary/aromatic N) is 5. The van der Waals surface area contributed by atoms with Crippen LogP contribution in [0.1, 0.15) is 28.5 Å². The highest BCUT2D eigenvalue weighted by Crippen LogP contribution is 2.33. The summed E-state index contributed by atoms with van der Waals surface area (Å²) in [6.45, 7) is 3.54. The SMILES string of the molecule is Cc1nn(C2CCS(=O)(=O)C2)c2nc(-c3ccc(F)cc3)cc(C(=O)N3CCN(c4ccccc4F)CC3)c12. The number of rotatable bonds is 4. The second kappa shape index (κ2) is 9.71. The van der Waals surface area contributed by atoms with Gasteiger partial charge in [-0.1, -0.05) is 12.1 Å². The van der Waals surface area contributed by atoms with Gasteiger partial charge < -0.3 is 9.80 Å². The molecule has 0 saturated carbocycles. The predicted molar refractivity (Wildman–Crippen MR) is 144 cm³/mol. The molecule has 39 heavy (non-hydrogen) atoms. The second-order valence-electron chi connectivity index (χ2n) is 10.1. The molecule has 202 valence electrons. The maximum Gasteiger partial charge on any atom is 0.254 e. The first-order valence-electron chi connectivity index (χ1n) is 12.9. The van der Waals surface area contributed by atoms with E-state index in [1.165, 1.54) is 18.2 Å². The third-order valence-electron chi connectivity index (χ3n) is 7.52. The smallest absolute Gasteiger partial charge is 0.254 e. The highest BCUT2D eigenvalue weighted by atomic mass is 32.2. The van der Waals surface area contributed by atoms with Crippen LogP contribution in [-0.2, 0) is 9.84 Å². The Morgan fingerprint density at radius 1 is 1.00 bits per heavy atom. The Kier molecular flexibility index (Phi) is 6.33. The zero-order chi connectivity index (χ0) is 27.3. The molecule has 1 atom stereocenters. The summed E-state index contributed by atoms with van der Waals surface area (Å²) < 4.78 is 54.1. The van der Waals surface area contributed by atoms with E-state index in [1.807, 2.05) is 4.90 Å². The van der Waals surface area contributed by atoms with Gasteiger partial charge in [0.1, 0.15) is 11.6 Å². The number of halogens is 2. The first-order chi connectivity index (χ1) is 18.7. The summed E-state index contributed by atoms with van der Waals surface area (Å²) in [5.41, 5.74) is 3.03. The number of hydrogen-bond donors (Lipinski definition) is 0. The standard InChI is InChI=1S/C28H27F2N5O3S/c1-18-26-22(28(36)34-13-11-33(12-14-34)25-5-3-2-4-23(25)30)16-24(19-6-8-20(29)9-7-19)31-27(26)35(32-18)21-10-15-39(37,38)17-21/h2-9,16,21H,10-15,17H2,1H3. The molecule has 2 fully saturated rings. The summed E-state index contributed by atoms with van der Waals surface area (Å²) in [5, 5.41) is 5.22. The van der Waals surface area contributed by atoms with Gasteiger partial charge in [-0.05, 0) is 55.8 Å². The number of aromatic nitrogens is 3. The molecule has 2 aromatic heterocycles. The van der Waals surface area contributed by atoms with Crippen LogP contribution in [0.25, 0.3) is 22.3 Å². The van der Waals surface area contributed by atoms with Crippen molar-refractivity contribution in [1.29, 1.82) is 0 Å². The Morgan fingerprint density at radius 3 is 2.38 bits per heavy atom. The summed E-state index contributed by atoms with van der Waals surface area (Å²) in [6, 6.07) is 13.8. The van der Waals surface area contributed by atoms with Crippen molar-refractivity contribution in [2.75, 3.05) is 42.6 Å². The number of carbonyl (C=O) groups is 1. The lowest BCUT2D eigenvalue weighted by molar-refractivity contribution is 0.0748. The van der Waals surface area contributed by atoms with Crippen molar-refractivity contribution < 1.29 is 22.0 Å². The molecule has 0 aliphatic carbocycles. The fraction of sp³-hybridized carbons (Fsp3) is 0.321. The average Bonchev–Trinajstić information content (AvgIpc) is 3.47. The third kappa shape index (κ3) is 4.75. The number of pyridine rings is 1. The molecule has 4 heterocycles. The van der Waals surface area contributed by atoms with E-state index in [0.717, 1.165) is 0 Å². The largest absolute Gasteiger partial charge is 0.366 e. The Labute approximate surface area is 224 Å². The number of benzene rings is 2. The molecule has 1 amide bonds. The highest BCUT2D eigenvalue weighted by molar-refractivity contribution is 7.91. The van der Waals surface area contributed by atoms with Crippen LogP contribution < -0.4 is 4.90 Å². The van der Waals surface area contributed by atoms with Gasteiger partial charge in [0, 0.05) is 31.7 Å². The van der Waals surface area contributed by atoms with Gasteiger partial charge in [0.05, 0.1) is 45.6 Å². The van der Waals surface area contributed by atoms with Crippen molar-refractivity contribution >= 4 is 32.5 Å². The van der Waals surface area contributed by atoms with Gasteiger partial charge in [-0.15, -0.1) is 0 Å². The Morgan fingerprint density at radius 2 is 1.72 bits per heavy atom. The molecule has 2 saturated heterocycles. The molecular weight excluding hydrogens is 524 g/mol. The summed E-state index contributed by atoms with van der Waals surface area (Å²) in [5.74, 6) is -0.851. The number of anilines is 1. The Hall–Kier alpha value is -3.86. The van der Waals surface area contributed by atoms with Crippen LogP contribution in [0.3, 0.4) is 0 Å². The maximum absolute atomic E-state index is 14.3. The molecule has 2 aliphatic heterocycles. The first-order valence-corrected chi connectivity index (χ1v) is 14.7. The number of sulfone groups is 1. The lowest BCUT2D eigenvalue weighted by Gasteiger charge is -2.36. The summed E-state index contributed by atoms with van der Waals surface area (Å²) in [7, 11) is -3.18.